The number of anilines is 2. The molecule has 0 spiro atoms. The molecule has 1 aromatic rings. The highest BCUT2D eigenvalue weighted by atomic mass is 16.5. The predicted molar refractivity (Wildman–Crippen MR) is 95.4 cm³/mol. The van der Waals surface area contributed by atoms with Crippen molar-refractivity contribution in [3.05, 3.63) is 23.8 Å². The summed E-state index contributed by atoms with van der Waals surface area (Å²) in [7, 11) is 0. The summed E-state index contributed by atoms with van der Waals surface area (Å²) in [6.45, 7) is 0.243. The number of hydrogen-bond donors (Lipinski definition) is 3. The van der Waals surface area contributed by atoms with Crippen molar-refractivity contribution in [3.63, 3.8) is 0 Å². The molecule has 4 rings (SSSR count). The highest BCUT2D eigenvalue weighted by Gasteiger charge is 2.36. The number of amides is 4. The number of carbonyl (C=O) groups excluding carboxylic acids is 4. The van der Waals surface area contributed by atoms with E-state index >= 15 is 0 Å². The molecule has 9 nitrogen and oxygen atoms in total. The fourth-order valence-electron chi connectivity index (χ4n) is 3.38. The fraction of sp³-hybridized carbons (Fsp3) is 0.444. The van der Waals surface area contributed by atoms with Crippen molar-refractivity contribution in [2.75, 3.05) is 23.4 Å². The molecule has 1 aromatic carbocycles. The maximum absolute atomic E-state index is 12.2. The van der Waals surface area contributed by atoms with E-state index in [1.54, 1.807) is 18.2 Å². The van der Waals surface area contributed by atoms with Crippen molar-refractivity contribution in [2.24, 2.45) is 0 Å². The zero-order valence-corrected chi connectivity index (χ0v) is 14.6. The average Bonchev–Trinajstić information content (AvgIpc) is 3.30. The van der Waals surface area contributed by atoms with E-state index in [0.717, 1.165) is 37.9 Å². The summed E-state index contributed by atoms with van der Waals surface area (Å²) in [6.07, 6.45) is 3.58. The molecule has 142 valence electrons. The van der Waals surface area contributed by atoms with E-state index in [4.69, 9.17) is 4.74 Å². The van der Waals surface area contributed by atoms with Gasteiger partial charge in [-0.15, -0.1) is 0 Å². The van der Waals surface area contributed by atoms with E-state index in [0.29, 0.717) is 5.69 Å². The van der Waals surface area contributed by atoms with E-state index in [2.05, 4.69) is 16.0 Å². The second kappa shape index (κ2) is 6.90. The van der Waals surface area contributed by atoms with Gasteiger partial charge in [0.15, 0.2) is 6.61 Å². The van der Waals surface area contributed by atoms with Crippen LogP contribution in [0.4, 0.5) is 16.2 Å². The van der Waals surface area contributed by atoms with Crippen LogP contribution in [0, 0.1) is 0 Å². The molecule has 1 saturated carbocycles. The third-order valence-electron chi connectivity index (χ3n) is 4.85. The highest BCUT2D eigenvalue weighted by Crippen LogP contribution is 2.37. The van der Waals surface area contributed by atoms with Crippen molar-refractivity contribution in [3.8, 4) is 0 Å². The summed E-state index contributed by atoms with van der Waals surface area (Å²) in [6, 6.07) is 4.30. The van der Waals surface area contributed by atoms with Gasteiger partial charge < -0.3 is 20.3 Å². The van der Waals surface area contributed by atoms with Gasteiger partial charge in [0.1, 0.15) is 6.04 Å². The molecule has 27 heavy (non-hydrogen) atoms. The largest absolute Gasteiger partial charge is 0.452 e. The zero-order chi connectivity index (χ0) is 19.0. The summed E-state index contributed by atoms with van der Waals surface area (Å²) in [5.74, 6) is -1.48. The van der Waals surface area contributed by atoms with E-state index in [9.17, 15) is 19.2 Å². The Morgan fingerprint density at radius 1 is 1.22 bits per heavy atom. The Balaban J connectivity index is 1.35. The van der Waals surface area contributed by atoms with E-state index in [1.807, 2.05) is 4.90 Å². The molecule has 4 amide bonds. The molecule has 2 heterocycles. The van der Waals surface area contributed by atoms with E-state index in [1.165, 1.54) is 0 Å². The van der Waals surface area contributed by atoms with Gasteiger partial charge in [0, 0.05) is 12.6 Å². The minimum Gasteiger partial charge on any atom is -0.452 e. The van der Waals surface area contributed by atoms with Gasteiger partial charge in [-0.2, -0.15) is 0 Å². The van der Waals surface area contributed by atoms with E-state index in [-0.39, 0.29) is 23.6 Å². The number of hydrogen-bond acceptors (Lipinski definition) is 6. The van der Waals surface area contributed by atoms with Crippen LogP contribution < -0.4 is 20.9 Å². The number of nitrogens with zero attached hydrogens (tertiary/aromatic N) is 1. The number of imide groups is 1. The summed E-state index contributed by atoms with van der Waals surface area (Å²) in [5.41, 5.74) is 1.66. The molecule has 2 aliphatic heterocycles. The number of esters is 1. The summed E-state index contributed by atoms with van der Waals surface area (Å²) in [5, 5.41) is 7.53. The Bertz CT molecular complexity index is 820. The first kappa shape index (κ1) is 17.3. The highest BCUT2D eigenvalue weighted by molar-refractivity contribution is 6.05. The van der Waals surface area contributed by atoms with Crippen molar-refractivity contribution in [2.45, 2.75) is 37.8 Å². The van der Waals surface area contributed by atoms with Gasteiger partial charge in [-0.3, -0.25) is 14.9 Å². The van der Waals surface area contributed by atoms with Gasteiger partial charge in [0.2, 0.25) is 5.91 Å². The van der Waals surface area contributed by atoms with Crippen LogP contribution in [0.15, 0.2) is 18.2 Å². The third-order valence-corrected chi connectivity index (χ3v) is 4.85. The number of fused-ring (bicyclic) bond motifs is 3. The second-order valence-corrected chi connectivity index (χ2v) is 6.94. The molecule has 1 atom stereocenters. The molecule has 1 saturated heterocycles. The smallest absolute Gasteiger partial charge is 0.338 e. The van der Waals surface area contributed by atoms with Crippen LogP contribution in [-0.4, -0.2) is 49.1 Å². The summed E-state index contributed by atoms with van der Waals surface area (Å²) < 4.78 is 4.96. The Morgan fingerprint density at radius 3 is 2.81 bits per heavy atom. The van der Waals surface area contributed by atoms with Crippen LogP contribution in [0.25, 0.3) is 0 Å². The maximum atomic E-state index is 12.2. The van der Waals surface area contributed by atoms with Gasteiger partial charge in [-0.05, 0) is 43.9 Å². The molecule has 0 radical (unpaired) electrons. The van der Waals surface area contributed by atoms with Crippen LogP contribution in [0.5, 0.6) is 0 Å². The number of rotatable bonds is 4. The van der Waals surface area contributed by atoms with Gasteiger partial charge >= 0.3 is 12.0 Å². The van der Waals surface area contributed by atoms with E-state index < -0.39 is 24.5 Å². The van der Waals surface area contributed by atoms with Gasteiger partial charge in [-0.1, -0.05) is 0 Å². The van der Waals surface area contributed by atoms with Gasteiger partial charge in [0.05, 0.1) is 16.9 Å². The third kappa shape index (κ3) is 3.71. The summed E-state index contributed by atoms with van der Waals surface area (Å²) in [4.78, 5) is 49.5. The molecule has 3 N–H and O–H groups in total. The minimum absolute atomic E-state index is 0.0772. The van der Waals surface area contributed by atoms with Crippen LogP contribution >= 0.6 is 0 Å². The molecule has 0 bridgehead atoms. The van der Waals surface area contributed by atoms with Crippen LogP contribution in [0.1, 0.15) is 36.0 Å². The zero-order valence-electron chi connectivity index (χ0n) is 14.6. The lowest BCUT2D eigenvalue weighted by Crippen LogP contribution is -2.44. The quantitative estimate of drug-likeness (QED) is 0.672. The number of carbonyl (C=O) groups is 4. The lowest BCUT2D eigenvalue weighted by atomic mass is 10.1. The molecule has 3 aliphatic rings. The Hall–Kier alpha value is -3.10. The molecule has 2 fully saturated rings. The normalized spacial score (nSPS) is 20.2. The maximum Gasteiger partial charge on any atom is 0.338 e. The predicted octanol–water partition coefficient (Wildman–Crippen LogP) is 0.752. The van der Waals surface area contributed by atoms with Crippen molar-refractivity contribution < 1.29 is 23.9 Å². The number of benzene rings is 1. The Morgan fingerprint density at radius 2 is 2.04 bits per heavy atom. The monoisotopic (exact) mass is 372 g/mol. The second-order valence-electron chi connectivity index (χ2n) is 6.94. The molecule has 9 heteroatoms. The Kier molecular flexibility index (Phi) is 4.43. The lowest BCUT2D eigenvalue weighted by Gasteiger charge is -2.33. The number of nitrogens with one attached hydrogen (secondary N) is 3. The molecule has 0 aromatic heterocycles. The van der Waals surface area contributed by atoms with Crippen molar-refractivity contribution >= 4 is 35.2 Å². The first-order chi connectivity index (χ1) is 13.0. The van der Waals surface area contributed by atoms with Gasteiger partial charge in [-0.25, -0.2) is 9.59 Å². The Labute approximate surface area is 155 Å². The molecule has 1 aliphatic carbocycles. The lowest BCUT2D eigenvalue weighted by molar-refractivity contribution is -0.123. The first-order valence-electron chi connectivity index (χ1n) is 9.00. The standard InChI is InChI=1S/C18H20N4O5/c23-15(21-18(26)19-11-4-5-11)9-27-17(25)10-3-6-13-12(8-10)20-16(24)14-2-1-7-22(13)14/h3,6,8,11,14H,1-2,4-5,7,9H2,(H,20,24)(H2,19,21,23,26)/t14-/m0/s1. The molecular weight excluding hydrogens is 352 g/mol. The molecule has 0 unspecified atom stereocenters. The topological polar surface area (TPSA) is 117 Å². The van der Waals surface area contributed by atoms with Crippen molar-refractivity contribution in [1.82, 2.24) is 10.6 Å². The summed E-state index contributed by atoms with van der Waals surface area (Å²) >= 11 is 0. The average molecular weight is 372 g/mol. The SMILES string of the molecule is O=C(COC(=O)c1ccc2c(c1)NC(=O)[C@@H]1CCCN21)NC(=O)NC1CC1. The van der Waals surface area contributed by atoms with Gasteiger partial charge in [0.25, 0.3) is 5.91 Å². The minimum atomic E-state index is -0.701. The van der Waals surface area contributed by atoms with Crippen molar-refractivity contribution in [1.29, 1.82) is 0 Å². The molecular formula is C18H20N4O5. The first-order valence-corrected chi connectivity index (χ1v) is 9.00. The fourth-order valence-corrected chi connectivity index (χ4v) is 3.38. The number of urea groups is 1. The van der Waals surface area contributed by atoms with Crippen LogP contribution in [-0.2, 0) is 14.3 Å². The van der Waals surface area contributed by atoms with Crippen LogP contribution in [0.2, 0.25) is 0 Å². The number of ether oxygens (including phenoxy) is 1. The van der Waals surface area contributed by atoms with Crippen LogP contribution in [0.3, 0.4) is 0 Å².